The highest BCUT2D eigenvalue weighted by Crippen LogP contribution is 2.39. The first kappa shape index (κ1) is 17.5. The smallest absolute Gasteiger partial charge is 0.244 e. The minimum absolute atomic E-state index is 0.0922. The lowest BCUT2D eigenvalue weighted by Crippen LogP contribution is -2.43. The Hall–Kier alpha value is -2.95. The van der Waals surface area contributed by atoms with E-state index < -0.39 is 0 Å². The number of ether oxygens (including phenoxy) is 3. The van der Waals surface area contributed by atoms with Crippen LogP contribution < -0.4 is 19.5 Å². The van der Waals surface area contributed by atoms with E-state index in [-0.39, 0.29) is 18.2 Å². The molecule has 1 aliphatic heterocycles. The van der Waals surface area contributed by atoms with Crippen LogP contribution in [0.3, 0.4) is 0 Å². The first-order valence-electron chi connectivity index (χ1n) is 9.23. The van der Waals surface area contributed by atoms with Crippen LogP contribution in [-0.4, -0.2) is 19.8 Å². The number of hydrogen-bond donors (Lipinski definition) is 1. The molecule has 5 heteroatoms. The van der Waals surface area contributed by atoms with Gasteiger partial charge in [0.2, 0.25) is 12.7 Å². The van der Waals surface area contributed by atoms with E-state index in [1.807, 2.05) is 42.5 Å². The molecule has 0 radical (unpaired) electrons. The van der Waals surface area contributed by atoms with E-state index in [2.05, 4.69) is 5.32 Å². The van der Waals surface area contributed by atoms with Gasteiger partial charge in [-0.05, 0) is 54.3 Å². The second-order valence-electron chi connectivity index (χ2n) is 6.95. The van der Waals surface area contributed by atoms with Gasteiger partial charge in [-0.3, -0.25) is 4.79 Å². The molecule has 1 amide bonds. The Labute approximate surface area is 158 Å². The number of carbonyl (C=O) groups excluding carboxylic acids is 1. The normalized spacial score (nSPS) is 17.2. The molecule has 1 aliphatic carbocycles. The van der Waals surface area contributed by atoms with Gasteiger partial charge >= 0.3 is 0 Å². The number of carbonyl (C=O) groups is 1. The molecule has 5 nitrogen and oxygen atoms in total. The van der Waals surface area contributed by atoms with Crippen molar-refractivity contribution in [3.63, 3.8) is 0 Å². The van der Waals surface area contributed by atoms with Crippen molar-refractivity contribution < 1.29 is 19.0 Å². The molecule has 0 saturated heterocycles. The van der Waals surface area contributed by atoms with Crippen LogP contribution in [0, 0.1) is 0 Å². The topological polar surface area (TPSA) is 56.8 Å². The highest BCUT2D eigenvalue weighted by Gasteiger charge is 2.36. The molecule has 0 aromatic heterocycles. The van der Waals surface area contributed by atoms with Crippen molar-refractivity contribution in [1.29, 1.82) is 0 Å². The summed E-state index contributed by atoms with van der Waals surface area (Å²) in [6.07, 6.45) is 7.50. The summed E-state index contributed by atoms with van der Waals surface area (Å²) in [7, 11) is 1.66. The molecular weight excluding hydrogens is 342 g/mol. The first-order chi connectivity index (χ1) is 13.2. The van der Waals surface area contributed by atoms with Crippen LogP contribution in [0.4, 0.5) is 0 Å². The van der Waals surface area contributed by atoms with Crippen LogP contribution >= 0.6 is 0 Å². The van der Waals surface area contributed by atoms with Gasteiger partial charge in [-0.2, -0.15) is 0 Å². The summed E-state index contributed by atoms with van der Waals surface area (Å²) in [5, 5.41) is 3.25. The Balaban J connectivity index is 1.49. The largest absolute Gasteiger partial charge is 0.497 e. The molecular formula is C22H23NO4. The maximum Gasteiger partial charge on any atom is 0.244 e. The van der Waals surface area contributed by atoms with Gasteiger partial charge in [-0.15, -0.1) is 0 Å². The van der Waals surface area contributed by atoms with E-state index in [1.54, 1.807) is 19.3 Å². The number of rotatable bonds is 5. The summed E-state index contributed by atoms with van der Waals surface area (Å²) in [4.78, 5) is 12.6. The highest BCUT2D eigenvalue weighted by molar-refractivity contribution is 5.92. The molecule has 1 N–H and O–H groups in total. The summed E-state index contributed by atoms with van der Waals surface area (Å²) in [5.74, 6) is 2.18. The Kier molecular flexibility index (Phi) is 4.75. The molecule has 1 fully saturated rings. The first-order valence-corrected chi connectivity index (χ1v) is 9.23. The van der Waals surface area contributed by atoms with E-state index in [1.165, 1.54) is 0 Å². The van der Waals surface area contributed by atoms with Crippen LogP contribution in [0.2, 0.25) is 0 Å². The molecule has 4 rings (SSSR count). The molecule has 0 unspecified atom stereocenters. The van der Waals surface area contributed by atoms with Crippen LogP contribution in [-0.2, 0) is 10.3 Å². The Morgan fingerprint density at radius 3 is 2.56 bits per heavy atom. The molecule has 1 heterocycles. The zero-order valence-electron chi connectivity index (χ0n) is 15.4. The lowest BCUT2D eigenvalue weighted by atomic mass is 9.88. The number of methoxy groups -OCH3 is 1. The fourth-order valence-corrected chi connectivity index (χ4v) is 3.84. The summed E-state index contributed by atoms with van der Waals surface area (Å²) in [6.45, 7) is 0.243. The van der Waals surface area contributed by atoms with Crippen LogP contribution in [0.5, 0.6) is 17.2 Å². The van der Waals surface area contributed by atoms with Gasteiger partial charge < -0.3 is 19.5 Å². The number of amides is 1. The van der Waals surface area contributed by atoms with Crippen molar-refractivity contribution in [3.05, 3.63) is 59.7 Å². The quantitative estimate of drug-likeness (QED) is 0.813. The SMILES string of the molecule is COc1ccc(C2(NC(=O)/C=C/c3ccc4c(c3)OCO4)CCCC2)cc1. The maximum atomic E-state index is 12.6. The third kappa shape index (κ3) is 3.63. The standard InChI is InChI=1S/C22H23NO4/c1-25-18-8-6-17(7-9-18)22(12-2-3-13-22)23-21(24)11-5-16-4-10-19-20(14-16)27-15-26-19/h4-11,14H,2-3,12-13,15H2,1H3,(H,23,24)/b11-5+. The Bertz CT molecular complexity index is 851. The van der Waals surface area contributed by atoms with Gasteiger partial charge in [0.05, 0.1) is 12.6 Å². The fraction of sp³-hybridized carbons (Fsp3) is 0.318. The molecule has 27 heavy (non-hydrogen) atoms. The zero-order chi connectivity index (χ0) is 18.7. The van der Waals surface area contributed by atoms with Crippen LogP contribution in [0.15, 0.2) is 48.5 Å². The van der Waals surface area contributed by atoms with Crippen molar-refractivity contribution in [1.82, 2.24) is 5.32 Å². The monoisotopic (exact) mass is 365 g/mol. The molecule has 1 saturated carbocycles. The molecule has 0 bridgehead atoms. The Morgan fingerprint density at radius 1 is 1.07 bits per heavy atom. The average Bonchev–Trinajstić information content (AvgIpc) is 3.36. The average molecular weight is 365 g/mol. The minimum Gasteiger partial charge on any atom is -0.497 e. The van der Waals surface area contributed by atoms with Crippen molar-refractivity contribution in [3.8, 4) is 17.2 Å². The summed E-state index contributed by atoms with van der Waals surface area (Å²) >= 11 is 0. The van der Waals surface area contributed by atoms with Gasteiger partial charge in [-0.25, -0.2) is 0 Å². The van der Waals surface area contributed by atoms with Gasteiger partial charge in [0.1, 0.15) is 5.75 Å². The van der Waals surface area contributed by atoms with Crippen molar-refractivity contribution in [2.45, 2.75) is 31.2 Å². The number of fused-ring (bicyclic) bond motifs is 1. The third-order valence-electron chi connectivity index (χ3n) is 5.29. The molecule has 0 spiro atoms. The van der Waals surface area contributed by atoms with Gasteiger partial charge in [-0.1, -0.05) is 31.0 Å². The highest BCUT2D eigenvalue weighted by atomic mass is 16.7. The van der Waals surface area contributed by atoms with Crippen LogP contribution in [0.25, 0.3) is 6.08 Å². The van der Waals surface area contributed by atoms with E-state index in [0.717, 1.165) is 48.3 Å². The van der Waals surface area contributed by atoms with Crippen molar-refractivity contribution in [2.24, 2.45) is 0 Å². The third-order valence-corrected chi connectivity index (χ3v) is 5.29. The van der Waals surface area contributed by atoms with Gasteiger partial charge in [0.15, 0.2) is 11.5 Å². The van der Waals surface area contributed by atoms with Gasteiger partial charge in [0.25, 0.3) is 0 Å². The van der Waals surface area contributed by atoms with Crippen LogP contribution in [0.1, 0.15) is 36.8 Å². The van der Waals surface area contributed by atoms with E-state index in [4.69, 9.17) is 14.2 Å². The summed E-state index contributed by atoms with van der Waals surface area (Å²) < 4.78 is 15.9. The second-order valence-corrected chi connectivity index (χ2v) is 6.95. The number of benzene rings is 2. The predicted octanol–water partition coefficient (Wildman–Crippen LogP) is 4.02. The maximum absolute atomic E-state index is 12.6. The van der Waals surface area contributed by atoms with E-state index in [9.17, 15) is 4.79 Å². The molecule has 2 aromatic rings. The number of hydrogen-bond acceptors (Lipinski definition) is 4. The lowest BCUT2D eigenvalue weighted by molar-refractivity contribution is -0.118. The molecule has 2 aromatic carbocycles. The number of nitrogens with one attached hydrogen (secondary N) is 1. The summed E-state index contributed by atoms with van der Waals surface area (Å²) in [5.41, 5.74) is 1.73. The summed E-state index contributed by atoms with van der Waals surface area (Å²) in [6, 6.07) is 13.6. The lowest BCUT2D eigenvalue weighted by Gasteiger charge is -2.30. The second kappa shape index (κ2) is 7.35. The zero-order valence-corrected chi connectivity index (χ0v) is 15.4. The molecule has 0 atom stereocenters. The van der Waals surface area contributed by atoms with E-state index in [0.29, 0.717) is 5.75 Å². The van der Waals surface area contributed by atoms with Gasteiger partial charge in [0, 0.05) is 6.08 Å². The predicted molar refractivity (Wildman–Crippen MR) is 103 cm³/mol. The minimum atomic E-state index is -0.303. The Morgan fingerprint density at radius 2 is 1.81 bits per heavy atom. The van der Waals surface area contributed by atoms with Crippen molar-refractivity contribution >= 4 is 12.0 Å². The van der Waals surface area contributed by atoms with E-state index >= 15 is 0 Å². The molecule has 2 aliphatic rings. The molecule has 140 valence electrons. The van der Waals surface area contributed by atoms with Crippen molar-refractivity contribution in [2.75, 3.05) is 13.9 Å². The fourth-order valence-electron chi connectivity index (χ4n) is 3.84.